The van der Waals surface area contributed by atoms with Gasteiger partial charge in [-0.2, -0.15) is 0 Å². The first-order valence-electron chi connectivity index (χ1n) is 8.16. The van der Waals surface area contributed by atoms with Crippen LogP contribution in [0.4, 0.5) is 0 Å². The van der Waals surface area contributed by atoms with E-state index in [0.717, 1.165) is 5.92 Å². The van der Waals surface area contributed by atoms with Gasteiger partial charge >= 0.3 is 0 Å². The fourth-order valence-corrected chi connectivity index (χ4v) is 4.23. The Hall–Kier alpha value is -1.60. The van der Waals surface area contributed by atoms with Crippen LogP contribution >= 0.6 is 0 Å². The van der Waals surface area contributed by atoms with E-state index in [9.17, 15) is 0 Å². The lowest BCUT2D eigenvalue weighted by Crippen LogP contribution is -2.51. The summed E-state index contributed by atoms with van der Waals surface area (Å²) in [7, 11) is 0. The first-order chi connectivity index (χ1) is 10.3. The maximum atomic E-state index is 2.67. The van der Waals surface area contributed by atoms with Crippen molar-refractivity contribution in [3.05, 3.63) is 71.8 Å². The van der Waals surface area contributed by atoms with Crippen LogP contribution in [0.2, 0.25) is 0 Å². The zero-order valence-electron chi connectivity index (χ0n) is 12.7. The molecule has 0 bridgehead atoms. The number of benzene rings is 2. The van der Waals surface area contributed by atoms with Gasteiger partial charge in [-0.1, -0.05) is 74.0 Å². The monoisotopic (exact) mass is 277 g/mol. The lowest BCUT2D eigenvalue weighted by atomic mass is 9.86. The van der Waals surface area contributed by atoms with E-state index >= 15 is 0 Å². The highest BCUT2D eigenvalue weighted by Gasteiger charge is 2.60. The summed E-state index contributed by atoms with van der Waals surface area (Å²) in [5, 5.41) is 0. The summed E-state index contributed by atoms with van der Waals surface area (Å²) in [6.07, 6.45) is 2.81. The van der Waals surface area contributed by atoms with Crippen molar-refractivity contribution in [2.75, 3.05) is 13.1 Å². The molecule has 1 aliphatic carbocycles. The Kier molecular flexibility index (Phi) is 3.11. The predicted octanol–water partition coefficient (Wildman–Crippen LogP) is 4.51. The van der Waals surface area contributed by atoms with Gasteiger partial charge in [0, 0.05) is 13.1 Å². The average Bonchev–Trinajstić information content (AvgIpc) is 3.24. The SMILES string of the molecule is CCC1CC12CN(C(c1ccccc1)c1ccccc1)C2. The van der Waals surface area contributed by atoms with Crippen molar-refractivity contribution in [2.45, 2.75) is 25.8 Å². The van der Waals surface area contributed by atoms with Gasteiger partial charge in [0.1, 0.15) is 0 Å². The molecular weight excluding hydrogens is 254 g/mol. The first-order valence-corrected chi connectivity index (χ1v) is 8.16. The highest BCUT2D eigenvalue weighted by molar-refractivity contribution is 5.33. The molecule has 1 nitrogen and oxygen atoms in total. The van der Waals surface area contributed by atoms with Gasteiger partial charge in [-0.3, -0.25) is 4.90 Å². The number of likely N-dealkylation sites (tertiary alicyclic amines) is 1. The van der Waals surface area contributed by atoms with Crippen molar-refractivity contribution < 1.29 is 0 Å². The summed E-state index contributed by atoms with van der Waals surface area (Å²) in [6.45, 7) is 4.90. The van der Waals surface area contributed by atoms with E-state index < -0.39 is 0 Å². The molecule has 1 heteroatoms. The average molecular weight is 277 g/mol. The molecule has 2 fully saturated rings. The van der Waals surface area contributed by atoms with Crippen molar-refractivity contribution in [3.8, 4) is 0 Å². The molecule has 0 amide bonds. The second kappa shape index (κ2) is 4.99. The number of rotatable bonds is 4. The number of hydrogen-bond acceptors (Lipinski definition) is 1. The van der Waals surface area contributed by atoms with Crippen LogP contribution in [-0.2, 0) is 0 Å². The van der Waals surface area contributed by atoms with Gasteiger partial charge in [0.2, 0.25) is 0 Å². The van der Waals surface area contributed by atoms with Gasteiger partial charge in [0.05, 0.1) is 6.04 Å². The van der Waals surface area contributed by atoms with E-state index in [1.807, 2.05) is 0 Å². The standard InChI is InChI=1S/C20H23N/c1-2-18-13-20(18)14-21(15-20)19(16-9-5-3-6-10-16)17-11-7-4-8-12-17/h3-12,18-19H,2,13-15H2,1H3. The van der Waals surface area contributed by atoms with E-state index in [1.165, 1.54) is 37.1 Å². The normalized spacial score (nSPS) is 23.2. The van der Waals surface area contributed by atoms with Crippen LogP contribution in [-0.4, -0.2) is 18.0 Å². The van der Waals surface area contributed by atoms with Crippen molar-refractivity contribution in [1.82, 2.24) is 4.90 Å². The molecule has 1 heterocycles. The molecule has 0 aromatic heterocycles. The second-order valence-corrected chi connectivity index (χ2v) is 6.80. The summed E-state index contributed by atoms with van der Waals surface area (Å²) in [4.78, 5) is 2.67. The van der Waals surface area contributed by atoms with Crippen molar-refractivity contribution in [3.63, 3.8) is 0 Å². The lowest BCUT2D eigenvalue weighted by Gasteiger charge is -2.46. The zero-order chi connectivity index (χ0) is 14.3. The third kappa shape index (κ3) is 2.20. The van der Waals surface area contributed by atoms with E-state index in [4.69, 9.17) is 0 Å². The molecule has 2 aliphatic rings. The molecule has 0 radical (unpaired) electrons. The molecule has 2 aromatic carbocycles. The Morgan fingerprint density at radius 3 is 1.90 bits per heavy atom. The molecule has 108 valence electrons. The molecule has 21 heavy (non-hydrogen) atoms. The second-order valence-electron chi connectivity index (χ2n) is 6.80. The largest absolute Gasteiger partial charge is 0.291 e. The smallest absolute Gasteiger partial charge is 0.0602 e. The summed E-state index contributed by atoms with van der Waals surface area (Å²) in [5.41, 5.74) is 3.52. The minimum absolute atomic E-state index is 0.427. The van der Waals surface area contributed by atoms with Crippen LogP contribution in [0.15, 0.2) is 60.7 Å². The van der Waals surface area contributed by atoms with Crippen molar-refractivity contribution in [1.29, 1.82) is 0 Å². The Morgan fingerprint density at radius 1 is 0.952 bits per heavy atom. The minimum Gasteiger partial charge on any atom is -0.291 e. The van der Waals surface area contributed by atoms with Gasteiger partial charge in [0.15, 0.2) is 0 Å². The highest BCUT2D eigenvalue weighted by Crippen LogP contribution is 2.61. The Bertz CT molecular complexity index is 559. The summed E-state index contributed by atoms with van der Waals surface area (Å²) < 4.78 is 0. The molecule has 1 saturated heterocycles. The maximum absolute atomic E-state index is 2.67. The Balaban J connectivity index is 1.60. The van der Waals surface area contributed by atoms with Gasteiger partial charge in [-0.25, -0.2) is 0 Å². The first kappa shape index (κ1) is 13.1. The maximum Gasteiger partial charge on any atom is 0.0602 e. The molecule has 1 aliphatic heterocycles. The van der Waals surface area contributed by atoms with E-state index in [1.54, 1.807) is 0 Å². The zero-order valence-corrected chi connectivity index (χ0v) is 12.7. The quantitative estimate of drug-likeness (QED) is 0.795. The molecule has 1 spiro atoms. The van der Waals surface area contributed by atoms with Gasteiger partial charge < -0.3 is 0 Å². The lowest BCUT2D eigenvalue weighted by molar-refractivity contribution is 0.0397. The molecule has 0 N–H and O–H groups in total. The number of nitrogens with zero attached hydrogens (tertiary/aromatic N) is 1. The van der Waals surface area contributed by atoms with Crippen LogP contribution in [0.1, 0.15) is 36.9 Å². The molecule has 1 saturated carbocycles. The highest BCUT2D eigenvalue weighted by atomic mass is 15.3. The molecule has 1 atom stereocenters. The van der Waals surface area contributed by atoms with Crippen LogP contribution in [0.3, 0.4) is 0 Å². The van der Waals surface area contributed by atoms with E-state index in [-0.39, 0.29) is 0 Å². The molecule has 1 unspecified atom stereocenters. The third-order valence-electron chi connectivity index (χ3n) is 5.48. The van der Waals surface area contributed by atoms with E-state index in [0.29, 0.717) is 11.5 Å². The predicted molar refractivity (Wildman–Crippen MR) is 87.1 cm³/mol. The summed E-state index contributed by atoms with van der Waals surface area (Å²) in [5.74, 6) is 0.987. The van der Waals surface area contributed by atoms with Crippen molar-refractivity contribution >= 4 is 0 Å². The topological polar surface area (TPSA) is 3.24 Å². The van der Waals surface area contributed by atoms with E-state index in [2.05, 4.69) is 72.5 Å². The number of hydrogen-bond donors (Lipinski definition) is 0. The minimum atomic E-state index is 0.427. The molecular formula is C20H23N. The fraction of sp³-hybridized carbons (Fsp3) is 0.400. The van der Waals surface area contributed by atoms with Crippen LogP contribution < -0.4 is 0 Å². The van der Waals surface area contributed by atoms with Gasteiger partial charge in [-0.15, -0.1) is 0 Å². The molecule has 2 aromatic rings. The summed E-state index contributed by atoms with van der Waals surface area (Å²) >= 11 is 0. The van der Waals surface area contributed by atoms with Gasteiger partial charge in [0.25, 0.3) is 0 Å². The van der Waals surface area contributed by atoms with Crippen LogP contribution in [0.25, 0.3) is 0 Å². The van der Waals surface area contributed by atoms with Crippen LogP contribution in [0, 0.1) is 11.3 Å². The summed E-state index contributed by atoms with van der Waals surface area (Å²) in [6, 6.07) is 22.4. The Morgan fingerprint density at radius 2 is 1.48 bits per heavy atom. The molecule has 4 rings (SSSR count). The van der Waals surface area contributed by atoms with Gasteiger partial charge in [-0.05, 0) is 28.9 Å². The van der Waals surface area contributed by atoms with Crippen molar-refractivity contribution in [2.24, 2.45) is 11.3 Å². The third-order valence-corrected chi connectivity index (χ3v) is 5.48. The Labute approximate surface area is 127 Å². The fourth-order valence-electron chi connectivity index (χ4n) is 4.23. The van der Waals surface area contributed by atoms with Crippen LogP contribution in [0.5, 0.6) is 0 Å².